The smallest absolute Gasteiger partial charge is 0.123 e. The number of nitrogens with zero attached hydrogens (tertiary/aromatic N) is 2. The van der Waals surface area contributed by atoms with Gasteiger partial charge in [0.25, 0.3) is 0 Å². The van der Waals surface area contributed by atoms with Gasteiger partial charge in [0.2, 0.25) is 0 Å². The normalized spacial score (nSPS) is 18.6. The molecule has 2 aromatic rings. The average molecular weight is 287 g/mol. The number of ether oxygens (including phenoxy) is 1. The number of nitrogens with one attached hydrogen (secondary N) is 1. The molecule has 1 aromatic carbocycles. The van der Waals surface area contributed by atoms with Crippen molar-refractivity contribution in [2.24, 2.45) is 0 Å². The largest absolute Gasteiger partial charge is 0.378 e. The van der Waals surface area contributed by atoms with Crippen molar-refractivity contribution >= 4 is 11.0 Å². The zero-order valence-electron chi connectivity index (χ0n) is 12.8. The number of imidazole rings is 1. The van der Waals surface area contributed by atoms with Crippen LogP contribution in [0.15, 0.2) is 24.3 Å². The lowest BCUT2D eigenvalue weighted by Gasteiger charge is -2.11. The fourth-order valence-electron chi connectivity index (χ4n) is 3.07. The molecule has 3 rings (SSSR count). The molecule has 1 aromatic heterocycles. The van der Waals surface area contributed by atoms with E-state index in [2.05, 4.69) is 41.1 Å². The SMILES string of the molecule is CCCn1c(CNCCC2CCCO2)nc2ccccc21. The van der Waals surface area contributed by atoms with Gasteiger partial charge in [0.1, 0.15) is 5.82 Å². The van der Waals surface area contributed by atoms with Gasteiger partial charge in [-0.25, -0.2) is 4.98 Å². The van der Waals surface area contributed by atoms with Crippen molar-refractivity contribution in [2.45, 2.75) is 51.8 Å². The molecule has 0 amide bonds. The first-order valence-corrected chi connectivity index (χ1v) is 8.15. The number of aryl methyl sites for hydroxylation is 1. The Hall–Kier alpha value is -1.39. The summed E-state index contributed by atoms with van der Waals surface area (Å²) in [5.41, 5.74) is 2.34. The lowest BCUT2D eigenvalue weighted by atomic mass is 10.2. The third-order valence-electron chi connectivity index (χ3n) is 4.13. The summed E-state index contributed by atoms with van der Waals surface area (Å²) in [7, 11) is 0. The van der Waals surface area contributed by atoms with Crippen LogP contribution in [0, 0.1) is 0 Å². The fraction of sp³-hybridized carbons (Fsp3) is 0.588. The number of hydrogen-bond acceptors (Lipinski definition) is 3. The highest BCUT2D eigenvalue weighted by molar-refractivity contribution is 5.75. The second-order valence-electron chi connectivity index (χ2n) is 5.77. The van der Waals surface area contributed by atoms with Crippen LogP contribution in [0.4, 0.5) is 0 Å². The van der Waals surface area contributed by atoms with Crippen molar-refractivity contribution in [3.8, 4) is 0 Å². The highest BCUT2D eigenvalue weighted by Gasteiger charge is 2.15. The molecule has 1 unspecified atom stereocenters. The van der Waals surface area contributed by atoms with Crippen molar-refractivity contribution < 1.29 is 4.74 Å². The molecule has 114 valence electrons. The van der Waals surface area contributed by atoms with E-state index in [0.717, 1.165) is 50.4 Å². The molecular weight excluding hydrogens is 262 g/mol. The molecule has 2 heterocycles. The van der Waals surface area contributed by atoms with Gasteiger partial charge in [0.15, 0.2) is 0 Å². The topological polar surface area (TPSA) is 39.1 Å². The van der Waals surface area contributed by atoms with Gasteiger partial charge in [0.05, 0.1) is 23.7 Å². The molecule has 4 nitrogen and oxygen atoms in total. The van der Waals surface area contributed by atoms with Crippen LogP contribution in [0.2, 0.25) is 0 Å². The summed E-state index contributed by atoms with van der Waals surface area (Å²) in [5, 5.41) is 3.53. The molecule has 21 heavy (non-hydrogen) atoms. The van der Waals surface area contributed by atoms with E-state index >= 15 is 0 Å². The summed E-state index contributed by atoms with van der Waals surface area (Å²) < 4.78 is 8.00. The van der Waals surface area contributed by atoms with E-state index in [9.17, 15) is 0 Å². The molecule has 0 radical (unpaired) electrons. The number of fused-ring (bicyclic) bond motifs is 1. The minimum atomic E-state index is 0.465. The maximum absolute atomic E-state index is 5.65. The first kappa shape index (κ1) is 14.5. The van der Waals surface area contributed by atoms with Gasteiger partial charge in [-0.2, -0.15) is 0 Å². The fourth-order valence-corrected chi connectivity index (χ4v) is 3.07. The van der Waals surface area contributed by atoms with Gasteiger partial charge < -0.3 is 14.6 Å². The second kappa shape index (κ2) is 7.05. The third kappa shape index (κ3) is 3.44. The Balaban J connectivity index is 1.61. The summed E-state index contributed by atoms with van der Waals surface area (Å²) in [5.74, 6) is 1.14. The standard InChI is InChI=1S/C17H25N3O/c1-2-11-20-16-8-4-3-7-15(16)19-17(20)13-18-10-9-14-6-5-12-21-14/h3-4,7-8,14,18H,2,5-6,9-13H2,1H3. The summed E-state index contributed by atoms with van der Waals surface area (Å²) in [4.78, 5) is 4.77. The van der Waals surface area contributed by atoms with Gasteiger partial charge in [-0.05, 0) is 44.4 Å². The Morgan fingerprint density at radius 1 is 1.38 bits per heavy atom. The summed E-state index contributed by atoms with van der Waals surface area (Å²) in [6.45, 7) is 6.02. The molecule has 1 aliphatic rings. The quantitative estimate of drug-likeness (QED) is 0.795. The zero-order valence-corrected chi connectivity index (χ0v) is 12.8. The van der Waals surface area contributed by atoms with Crippen LogP contribution in [-0.4, -0.2) is 28.8 Å². The van der Waals surface area contributed by atoms with E-state index in [-0.39, 0.29) is 0 Å². The van der Waals surface area contributed by atoms with Crippen molar-refractivity contribution in [3.05, 3.63) is 30.1 Å². The van der Waals surface area contributed by atoms with Crippen LogP contribution in [0.3, 0.4) is 0 Å². The molecule has 1 saturated heterocycles. The molecule has 4 heteroatoms. The van der Waals surface area contributed by atoms with Crippen LogP contribution < -0.4 is 5.32 Å². The molecule has 0 bridgehead atoms. The zero-order chi connectivity index (χ0) is 14.5. The molecule has 1 N–H and O–H groups in total. The van der Waals surface area contributed by atoms with E-state index in [1.54, 1.807) is 0 Å². The molecule has 0 saturated carbocycles. The van der Waals surface area contributed by atoms with E-state index in [1.165, 1.54) is 18.4 Å². The second-order valence-corrected chi connectivity index (χ2v) is 5.77. The van der Waals surface area contributed by atoms with Crippen LogP contribution in [0.5, 0.6) is 0 Å². The van der Waals surface area contributed by atoms with Gasteiger partial charge in [-0.3, -0.25) is 0 Å². The summed E-state index contributed by atoms with van der Waals surface area (Å²) >= 11 is 0. The van der Waals surface area contributed by atoms with E-state index in [4.69, 9.17) is 9.72 Å². The first-order valence-electron chi connectivity index (χ1n) is 8.15. The monoisotopic (exact) mass is 287 g/mol. The minimum absolute atomic E-state index is 0.465. The number of rotatable bonds is 7. The lowest BCUT2D eigenvalue weighted by Crippen LogP contribution is -2.21. The Kier molecular flexibility index (Phi) is 4.88. The predicted octanol–water partition coefficient (Wildman–Crippen LogP) is 3.11. The highest BCUT2D eigenvalue weighted by atomic mass is 16.5. The van der Waals surface area contributed by atoms with Gasteiger partial charge in [0, 0.05) is 13.2 Å². The minimum Gasteiger partial charge on any atom is -0.378 e. The maximum atomic E-state index is 5.65. The molecular formula is C17H25N3O. The van der Waals surface area contributed by atoms with Crippen molar-refractivity contribution in [2.75, 3.05) is 13.2 Å². The Morgan fingerprint density at radius 3 is 3.10 bits per heavy atom. The maximum Gasteiger partial charge on any atom is 0.123 e. The van der Waals surface area contributed by atoms with Crippen LogP contribution in [0.1, 0.15) is 38.4 Å². The summed E-state index contributed by atoms with van der Waals surface area (Å²) in [6.07, 6.45) is 5.14. The van der Waals surface area contributed by atoms with Gasteiger partial charge in [-0.1, -0.05) is 19.1 Å². The lowest BCUT2D eigenvalue weighted by molar-refractivity contribution is 0.104. The third-order valence-corrected chi connectivity index (χ3v) is 4.13. The van der Waals surface area contributed by atoms with Crippen LogP contribution in [-0.2, 0) is 17.8 Å². The van der Waals surface area contributed by atoms with Gasteiger partial charge in [-0.15, -0.1) is 0 Å². The van der Waals surface area contributed by atoms with E-state index in [1.807, 2.05) is 0 Å². The van der Waals surface area contributed by atoms with E-state index in [0.29, 0.717) is 6.10 Å². The Labute approximate surface area is 126 Å². The van der Waals surface area contributed by atoms with Gasteiger partial charge >= 0.3 is 0 Å². The summed E-state index contributed by atoms with van der Waals surface area (Å²) in [6, 6.07) is 8.40. The molecule has 1 fully saturated rings. The van der Waals surface area contributed by atoms with Crippen molar-refractivity contribution in [1.82, 2.24) is 14.9 Å². The molecule has 1 aliphatic heterocycles. The number of benzene rings is 1. The Morgan fingerprint density at radius 2 is 2.29 bits per heavy atom. The van der Waals surface area contributed by atoms with E-state index < -0.39 is 0 Å². The highest BCUT2D eigenvalue weighted by Crippen LogP contribution is 2.17. The van der Waals surface area contributed by atoms with Crippen molar-refractivity contribution in [1.29, 1.82) is 0 Å². The Bertz CT molecular complexity index is 572. The number of aromatic nitrogens is 2. The predicted molar refractivity (Wildman–Crippen MR) is 85.3 cm³/mol. The number of para-hydroxylation sites is 2. The molecule has 1 atom stereocenters. The molecule has 0 aliphatic carbocycles. The average Bonchev–Trinajstić information content (AvgIpc) is 3.13. The van der Waals surface area contributed by atoms with Crippen LogP contribution >= 0.6 is 0 Å². The van der Waals surface area contributed by atoms with Crippen molar-refractivity contribution in [3.63, 3.8) is 0 Å². The number of hydrogen-bond donors (Lipinski definition) is 1. The molecule has 0 spiro atoms. The van der Waals surface area contributed by atoms with Crippen LogP contribution in [0.25, 0.3) is 11.0 Å². The first-order chi connectivity index (χ1) is 10.4.